The van der Waals surface area contributed by atoms with E-state index in [0.717, 1.165) is 10.9 Å². The molecule has 1 aromatic carbocycles. The Morgan fingerprint density at radius 3 is 2.88 bits per heavy atom. The van der Waals surface area contributed by atoms with Crippen LogP contribution >= 0.6 is 0 Å². The van der Waals surface area contributed by atoms with Crippen molar-refractivity contribution in [2.24, 2.45) is 0 Å². The molecule has 0 saturated heterocycles. The smallest absolute Gasteiger partial charge is 0.270 e. The van der Waals surface area contributed by atoms with Crippen LogP contribution in [0.25, 0.3) is 10.9 Å². The van der Waals surface area contributed by atoms with Crippen LogP contribution in [0.1, 0.15) is 17.4 Å². The summed E-state index contributed by atoms with van der Waals surface area (Å²) >= 11 is 0. The summed E-state index contributed by atoms with van der Waals surface area (Å²) in [7, 11) is 0. The third-order valence-electron chi connectivity index (χ3n) is 2.78. The summed E-state index contributed by atoms with van der Waals surface area (Å²) in [6.45, 7) is 6.88. The van der Waals surface area contributed by atoms with Gasteiger partial charge in [0.05, 0.1) is 0 Å². The van der Waals surface area contributed by atoms with Crippen LogP contribution in [0.2, 0.25) is 0 Å². The summed E-state index contributed by atoms with van der Waals surface area (Å²) in [6, 6.07) is 9.77. The minimum absolute atomic E-state index is 0.0172. The zero-order valence-corrected chi connectivity index (χ0v) is 9.94. The number of aromatic nitrogens is 1. The summed E-state index contributed by atoms with van der Waals surface area (Å²) in [4.78, 5) is 17.1. The summed E-state index contributed by atoms with van der Waals surface area (Å²) in [5.74, 6) is 0.0172. The molecule has 0 saturated carbocycles. The number of H-pyrrole nitrogens is 1. The normalized spacial score (nSPS) is 10.4. The highest BCUT2D eigenvalue weighted by Gasteiger charge is 2.14. The Morgan fingerprint density at radius 1 is 1.47 bits per heavy atom. The minimum Gasteiger partial charge on any atom is -0.351 e. The number of amides is 1. The maximum absolute atomic E-state index is 12.2. The van der Waals surface area contributed by atoms with Crippen LogP contribution in [0.4, 0.5) is 0 Å². The Bertz CT molecular complexity index is 509. The lowest BCUT2D eigenvalue weighted by atomic mass is 10.2. The number of nitrogens with one attached hydrogen (secondary N) is 1. The lowest BCUT2D eigenvalue weighted by Gasteiger charge is -2.17. The molecule has 1 N–H and O–H groups in total. The Kier molecular flexibility index (Phi) is 3.28. The van der Waals surface area contributed by atoms with Crippen LogP contribution in [-0.2, 0) is 0 Å². The number of hydrogen-bond donors (Lipinski definition) is 1. The van der Waals surface area contributed by atoms with E-state index in [1.54, 1.807) is 11.0 Å². The molecular formula is C14H16N2O. The van der Waals surface area contributed by atoms with Gasteiger partial charge in [-0.3, -0.25) is 4.79 Å². The zero-order chi connectivity index (χ0) is 12.3. The molecule has 1 amide bonds. The number of aromatic amines is 1. The Labute approximate surface area is 101 Å². The number of carbonyl (C=O) groups excluding carboxylic acids is 1. The largest absolute Gasteiger partial charge is 0.351 e. The highest BCUT2D eigenvalue weighted by Crippen LogP contribution is 2.15. The second-order valence-electron chi connectivity index (χ2n) is 3.90. The van der Waals surface area contributed by atoms with Crippen LogP contribution in [-0.4, -0.2) is 28.9 Å². The van der Waals surface area contributed by atoms with Gasteiger partial charge in [0.1, 0.15) is 5.69 Å². The average Bonchev–Trinajstić information content (AvgIpc) is 2.78. The van der Waals surface area contributed by atoms with E-state index in [1.807, 2.05) is 37.3 Å². The first-order chi connectivity index (χ1) is 8.26. The fourth-order valence-corrected chi connectivity index (χ4v) is 1.87. The number of carbonyl (C=O) groups is 1. The van der Waals surface area contributed by atoms with Crippen LogP contribution in [0, 0.1) is 0 Å². The molecule has 0 aliphatic carbocycles. The van der Waals surface area contributed by atoms with Gasteiger partial charge in [-0.2, -0.15) is 0 Å². The Morgan fingerprint density at radius 2 is 2.24 bits per heavy atom. The van der Waals surface area contributed by atoms with E-state index in [9.17, 15) is 4.79 Å². The molecule has 1 heterocycles. The van der Waals surface area contributed by atoms with E-state index in [-0.39, 0.29) is 5.91 Å². The molecule has 17 heavy (non-hydrogen) atoms. The molecule has 3 heteroatoms. The molecule has 88 valence electrons. The maximum Gasteiger partial charge on any atom is 0.270 e. The predicted octanol–water partition coefficient (Wildman–Crippen LogP) is 2.82. The molecule has 0 fully saturated rings. The third-order valence-corrected chi connectivity index (χ3v) is 2.78. The van der Waals surface area contributed by atoms with Gasteiger partial charge in [0.15, 0.2) is 0 Å². The number of likely N-dealkylation sites (N-methyl/N-ethyl adjacent to an activating group) is 1. The SMILES string of the molecule is C=CCN(CC)C(=O)c1cc2ccccc2[nH]1. The highest BCUT2D eigenvalue weighted by molar-refractivity contribution is 5.98. The monoisotopic (exact) mass is 228 g/mol. The second kappa shape index (κ2) is 4.87. The fourth-order valence-electron chi connectivity index (χ4n) is 1.87. The van der Waals surface area contributed by atoms with Crippen molar-refractivity contribution in [3.63, 3.8) is 0 Å². The van der Waals surface area contributed by atoms with Crippen molar-refractivity contribution in [2.45, 2.75) is 6.92 Å². The van der Waals surface area contributed by atoms with Crippen molar-refractivity contribution >= 4 is 16.8 Å². The molecule has 0 bridgehead atoms. The van der Waals surface area contributed by atoms with Gasteiger partial charge in [0.25, 0.3) is 5.91 Å². The summed E-state index contributed by atoms with van der Waals surface area (Å²) < 4.78 is 0. The summed E-state index contributed by atoms with van der Waals surface area (Å²) in [5, 5.41) is 1.06. The van der Waals surface area contributed by atoms with Gasteiger partial charge in [-0.25, -0.2) is 0 Å². The summed E-state index contributed by atoms with van der Waals surface area (Å²) in [6.07, 6.45) is 1.74. The molecule has 0 unspecified atom stereocenters. The quantitative estimate of drug-likeness (QED) is 0.802. The van der Waals surface area contributed by atoms with E-state index in [1.165, 1.54) is 0 Å². The van der Waals surface area contributed by atoms with Crippen molar-refractivity contribution < 1.29 is 4.79 Å². The Balaban J connectivity index is 2.32. The molecule has 2 rings (SSSR count). The van der Waals surface area contributed by atoms with Gasteiger partial charge < -0.3 is 9.88 Å². The first-order valence-corrected chi connectivity index (χ1v) is 5.74. The van der Waals surface area contributed by atoms with E-state index in [4.69, 9.17) is 0 Å². The number of rotatable bonds is 4. The molecular weight excluding hydrogens is 212 g/mol. The van der Waals surface area contributed by atoms with Crippen molar-refractivity contribution in [1.82, 2.24) is 9.88 Å². The van der Waals surface area contributed by atoms with Gasteiger partial charge in [-0.1, -0.05) is 24.3 Å². The van der Waals surface area contributed by atoms with Gasteiger partial charge in [0, 0.05) is 24.0 Å². The lowest BCUT2D eigenvalue weighted by Crippen LogP contribution is -2.31. The molecule has 0 spiro atoms. The van der Waals surface area contributed by atoms with Crippen molar-refractivity contribution in [3.8, 4) is 0 Å². The lowest BCUT2D eigenvalue weighted by molar-refractivity contribution is 0.0777. The highest BCUT2D eigenvalue weighted by atomic mass is 16.2. The van der Waals surface area contributed by atoms with E-state index in [2.05, 4.69) is 11.6 Å². The molecule has 0 radical (unpaired) electrons. The minimum atomic E-state index is 0.0172. The molecule has 3 nitrogen and oxygen atoms in total. The first-order valence-electron chi connectivity index (χ1n) is 5.74. The van der Waals surface area contributed by atoms with Gasteiger partial charge >= 0.3 is 0 Å². The van der Waals surface area contributed by atoms with E-state index >= 15 is 0 Å². The van der Waals surface area contributed by atoms with E-state index in [0.29, 0.717) is 18.8 Å². The Hall–Kier alpha value is -2.03. The van der Waals surface area contributed by atoms with Crippen LogP contribution in [0.3, 0.4) is 0 Å². The zero-order valence-electron chi connectivity index (χ0n) is 9.94. The molecule has 0 aliphatic rings. The van der Waals surface area contributed by atoms with Gasteiger partial charge in [-0.15, -0.1) is 6.58 Å². The average molecular weight is 228 g/mol. The fraction of sp³-hybridized carbons (Fsp3) is 0.214. The number of para-hydroxylation sites is 1. The van der Waals surface area contributed by atoms with Crippen molar-refractivity contribution in [1.29, 1.82) is 0 Å². The third kappa shape index (κ3) is 2.23. The number of benzene rings is 1. The predicted molar refractivity (Wildman–Crippen MR) is 70.1 cm³/mol. The molecule has 0 aliphatic heterocycles. The maximum atomic E-state index is 12.2. The summed E-state index contributed by atoms with van der Waals surface area (Å²) in [5.41, 5.74) is 1.63. The van der Waals surface area contributed by atoms with Crippen molar-refractivity contribution in [2.75, 3.05) is 13.1 Å². The number of hydrogen-bond acceptors (Lipinski definition) is 1. The molecule has 2 aromatic rings. The van der Waals surface area contributed by atoms with Crippen LogP contribution in [0.15, 0.2) is 43.0 Å². The van der Waals surface area contributed by atoms with Gasteiger partial charge in [0.2, 0.25) is 0 Å². The number of fused-ring (bicyclic) bond motifs is 1. The molecule has 1 aromatic heterocycles. The van der Waals surface area contributed by atoms with Crippen LogP contribution < -0.4 is 0 Å². The standard InChI is InChI=1S/C14H16N2O/c1-3-9-16(4-2)14(17)13-10-11-7-5-6-8-12(11)15-13/h3,5-8,10,15H,1,4,9H2,2H3. The van der Waals surface area contributed by atoms with E-state index < -0.39 is 0 Å². The second-order valence-corrected chi connectivity index (χ2v) is 3.90. The van der Waals surface area contributed by atoms with Crippen molar-refractivity contribution in [3.05, 3.63) is 48.7 Å². The number of nitrogens with zero attached hydrogens (tertiary/aromatic N) is 1. The topological polar surface area (TPSA) is 36.1 Å². The van der Waals surface area contributed by atoms with Gasteiger partial charge in [-0.05, 0) is 19.1 Å². The first kappa shape index (κ1) is 11.5. The molecule has 0 atom stereocenters. The van der Waals surface area contributed by atoms with Crippen LogP contribution in [0.5, 0.6) is 0 Å².